The molecule has 0 saturated carbocycles. The van der Waals surface area contributed by atoms with Crippen LogP contribution >= 0.6 is 0 Å². The van der Waals surface area contributed by atoms with E-state index in [4.69, 9.17) is 0 Å². The number of anilines is 2. The van der Waals surface area contributed by atoms with Crippen LogP contribution in [0.5, 0.6) is 0 Å². The fraction of sp³-hybridized carbons (Fsp3) is 0.455. The highest BCUT2D eigenvalue weighted by Crippen LogP contribution is 2.31. The van der Waals surface area contributed by atoms with Crippen LogP contribution in [0.4, 0.5) is 29.1 Å². The van der Waals surface area contributed by atoms with E-state index in [-0.39, 0.29) is 18.1 Å². The lowest BCUT2D eigenvalue weighted by Gasteiger charge is -2.34. The van der Waals surface area contributed by atoms with Gasteiger partial charge < -0.3 is 15.1 Å². The Kier molecular flexibility index (Phi) is 8.21. The molecule has 1 aliphatic heterocycles. The van der Waals surface area contributed by atoms with Crippen LogP contribution < -0.4 is 14.5 Å². The van der Waals surface area contributed by atoms with Gasteiger partial charge in [0.05, 0.1) is 11.6 Å². The molecule has 2 heterocycles. The SMILES string of the molecule is CC(C(=O)NCc1ccc(C(F)(F)F)nc1N1CCN(C)CC1)c1ccc(N(C)[SH](=O)=O)c(F)c1. The Labute approximate surface area is 202 Å². The summed E-state index contributed by atoms with van der Waals surface area (Å²) >= 11 is 0. The van der Waals surface area contributed by atoms with Crippen LogP contribution in [0.25, 0.3) is 0 Å². The summed E-state index contributed by atoms with van der Waals surface area (Å²) in [6.07, 6.45) is -4.60. The fourth-order valence-corrected chi connectivity index (χ4v) is 4.03. The summed E-state index contributed by atoms with van der Waals surface area (Å²) in [5, 5.41) is 2.69. The Balaban J connectivity index is 1.77. The average molecular weight is 518 g/mol. The zero-order valence-electron chi connectivity index (χ0n) is 19.5. The number of nitrogens with one attached hydrogen (secondary N) is 1. The Morgan fingerprint density at radius 2 is 1.83 bits per heavy atom. The molecule has 1 amide bonds. The highest BCUT2D eigenvalue weighted by atomic mass is 32.2. The number of likely N-dealkylation sites (N-methyl/N-ethyl adjacent to an activating group) is 1. The van der Waals surface area contributed by atoms with Crippen LogP contribution in [0.15, 0.2) is 30.3 Å². The van der Waals surface area contributed by atoms with Crippen LogP contribution in [-0.2, 0) is 28.4 Å². The lowest BCUT2D eigenvalue weighted by atomic mass is 9.99. The molecule has 3 rings (SSSR count). The van der Waals surface area contributed by atoms with Crippen molar-refractivity contribution in [1.29, 1.82) is 0 Å². The first-order chi connectivity index (χ1) is 16.4. The smallest absolute Gasteiger partial charge is 0.354 e. The average Bonchev–Trinajstić information content (AvgIpc) is 2.81. The van der Waals surface area contributed by atoms with Crippen LogP contribution in [0.2, 0.25) is 0 Å². The quantitative estimate of drug-likeness (QED) is 0.434. The number of pyridine rings is 1. The molecule has 8 nitrogen and oxygen atoms in total. The van der Waals surface area contributed by atoms with E-state index in [2.05, 4.69) is 15.2 Å². The van der Waals surface area contributed by atoms with Crippen LogP contribution in [0.1, 0.15) is 29.7 Å². The summed E-state index contributed by atoms with van der Waals surface area (Å²) < 4.78 is 77.1. The molecule has 1 atom stereocenters. The summed E-state index contributed by atoms with van der Waals surface area (Å²) in [7, 11) is 0.115. The molecule has 1 unspecified atom stereocenters. The third-order valence-corrected chi connectivity index (χ3v) is 6.67. The van der Waals surface area contributed by atoms with Gasteiger partial charge in [-0.1, -0.05) is 12.1 Å². The molecule has 2 aromatic rings. The number of halogens is 4. The molecule has 1 aliphatic rings. The van der Waals surface area contributed by atoms with Gasteiger partial charge in [-0.2, -0.15) is 13.2 Å². The maximum Gasteiger partial charge on any atom is 0.433 e. The summed E-state index contributed by atoms with van der Waals surface area (Å²) in [4.78, 5) is 20.4. The number of nitrogens with zero attached hydrogens (tertiary/aromatic N) is 4. The highest BCUT2D eigenvalue weighted by molar-refractivity contribution is 7.74. The second-order valence-corrected chi connectivity index (χ2v) is 9.45. The van der Waals surface area contributed by atoms with Gasteiger partial charge in [-0.05, 0) is 37.7 Å². The topological polar surface area (TPSA) is 85.8 Å². The molecule has 0 bridgehead atoms. The van der Waals surface area contributed by atoms with Gasteiger partial charge in [0, 0.05) is 45.3 Å². The van der Waals surface area contributed by atoms with Crippen molar-refractivity contribution in [2.45, 2.75) is 25.6 Å². The summed E-state index contributed by atoms with van der Waals surface area (Å²) in [6, 6.07) is 6.00. The van der Waals surface area contributed by atoms with E-state index >= 15 is 0 Å². The lowest BCUT2D eigenvalue weighted by Crippen LogP contribution is -2.45. The van der Waals surface area contributed by atoms with E-state index in [1.54, 1.807) is 11.8 Å². The summed E-state index contributed by atoms with van der Waals surface area (Å²) in [6.45, 7) is 3.81. The molecule has 192 valence electrons. The van der Waals surface area contributed by atoms with Crippen molar-refractivity contribution in [2.24, 2.45) is 0 Å². The van der Waals surface area contributed by atoms with Crippen molar-refractivity contribution in [2.75, 3.05) is 49.5 Å². The molecular weight excluding hydrogens is 490 g/mol. The molecule has 13 heteroatoms. The zero-order chi connectivity index (χ0) is 25.9. The van der Waals surface area contributed by atoms with Gasteiger partial charge >= 0.3 is 6.18 Å². The van der Waals surface area contributed by atoms with Gasteiger partial charge in [0.1, 0.15) is 17.3 Å². The number of hydrogen-bond acceptors (Lipinski definition) is 6. The third-order valence-electron chi connectivity index (χ3n) is 5.96. The van der Waals surface area contributed by atoms with E-state index in [9.17, 15) is 30.8 Å². The van der Waals surface area contributed by atoms with Gasteiger partial charge in [0.25, 0.3) is 0 Å². The standard InChI is InChI=1S/C22H27F4N5O3S/c1-14(15-4-6-18(17(23)12-15)30(3)35(33)34)21(32)27-13-16-5-7-19(22(24,25)26)28-20(16)31-10-8-29(2)9-11-31/h4-7,12,14,35H,8-11,13H2,1-3H3,(H,27,32). The third kappa shape index (κ3) is 6.40. The number of rotatable bonds is 7. The molecule has 1 aromatic heterocycles. The zero-order valence-corrected chi connectivity index (χ0v) is 20.4. The fourth-order valence-electron chi connectivity index (χ4n) is 3.69. The number of thiol groups is 1. The van der Waals surface area contributed by atoms with Crippen molar-refractivity contribution in [3.63, 3.8) is 0 Å². The Bertz CT molecular complexity index is 1140. The van der Waals surface area contributed by atoms with E-state index < -0.39 is 40.4 Å². The van der Waals surface area contributed by atoms with Gasteiger partial charge in [-0.25, -0.2) is 17.8 Å². The second-order valence-electron chi connectivity index (χ2n) is 8.38. The van der Waals surface area contributed by atoms with Crippen molar-refractivity contribution >= 4 is 28.3 Å². The van der Waals surface area contributed by atoms with Crippen molar-refractivity contribution in [3.05, 3.63) is 53.0 Å². The van der Waals surface area contributed by atoms with Gasteiger partial charge in [-0.15, -0.1) is 0 Å². The van der Waals surface area contributed by atoms with Gasteiger partial charge in [0.15, 0.2) is 0 Å². The Hall–Kier alpha value is -2.93. The van der Waals surface area contributed by atoms with E-state index in [0.29, 0.717) is 37.3 Å². The molecule has 35 heavy (non-hydrogen) atoms. The van der Waals surface area contributed by atoms with Crippen molar-refractivity contribution in [1.82, 2.24) is 15.2 Å². The molecule has 1 N–H and O–H groups in total. The lowest BCUT2D eigenvalue weighted by molar-refractivity contribution is -0.141. The predicted molar refractivity (Wildman–Crippen MR) is 124 cm³/mol. The second kappa shape index (κ2) is 10.8. The number of hydrogen-bond donors (Lipinski definition) is 2. The monoisotopic (exact) mass is 517 g/mol. The van der Waals surface area contributed by atoms with Gasteiger partial charge in [-0.3, -0.25) is 9.10 Å². The van der Waals surface area contributed by atoms with Crippen LogP contribution in [0.3, 0.4) is 0 Å². The number of alkyl halides is 3. The first-order valence-corrected chi connectivity index (χ1v) is 12.0. The molecule has 0 spiro atoms. The van der Waals surface area contributed by atoms with E-state index in [1.165, 1.54) is 25.2 Å². The molecule has 0 aliphatic carbocycles. The number of amides is 1. The predicted octanol–water partition coefficient (Wildman–Crippen LogP) is 2.37. The minimum absolute atomic E-state index is 0.0596. The normalized spacial score (nSPS) is 15.8. The maximum absolute atomic E-state index is 14.4. The minimum Gasteiger partial charge on any atom is -0.354 e. The first-order valence-electron chi connectivity index (χ1n) is 10.8. The minimum atomic E-state index is -4.60. The number of carbonyl (C=O) groups is 1. The van der Waals surface area contributed by atoms with Crippen molar-refractivity contribution in [3.8, 4) is 0 Å². The Morgan fingerprint density at radius 1 is 1.17 bits per heavy atom. The summed E-state index contributed by atoms with van der Waals surface area (Å²) in [5.41, 5.74) is -0.394. The van der Waals surface area contributed by atoms with Crippen LogP contribution in [0, 0.1) is 5.82 Å². The maximum atomic E-state index is 14.4. The van der Waals surface area contributed by atoms with Gasteiger partial charge in [0.2, 0.25) is 16.8 Å². The molecule has 0 radical (unpaired) electrons. The van der Waals surface area contributed by atoms with Crippen molar-refractivity contribution < 1.29 is 30.8 Å². The molecule has 1 saturated heterocycles. The highest BCUT2D eigenvalue weighted by Gasteiger charge is 2.34. The summed E-state index contributed by atoms with van der Waals surface area (Å²) in [5.74, 6) is -1.89. The number of benzene rings is 1. The van der Waals surface area contributed by atoms with Crippen LogP contribution in [-0.4, -0.2) is 64.5 Å². The molecule has 1 fully saturated rings. The van der Waals surface area contributed by atoms with E-state index in [1.807, 2.05) is 7.05 Å². The molecule has 1 aromatic carbocycles. The number of piperazine rings is 1. The first kappa shape index (κ1) is 26.7. The molecular formula is C22H27F4N5O3S. The Morgan fingerprint density at radius 3 is 2.40 bits per heavy atom. The largest absolute Gasteiger partial charge is 0.433 e. The number of aromatic nitrogens is 1. The number of carbonyl (C=O) groups excluding carboxylic acids is 1. The van der Waals surface area contributed by atoms with E-state index in [0.717, 1.165) is 16.4 Å².